The topological polar surface area (TPSA) is 27.7 Å². The van der Waals surface area contributed by atoms with Crippen molar-refractivity contribution in [2.75, 3.05) is 20.5 Å². The van der Waals surface area contributed by atoms with Crippen LogP contribution in [-0.4, -0.2) is 26.6 Å². The standard InChI is InChI=1S/C22H34O3.C2H6/c1-6-24-18-8-10-20-17(13-18)7-9-19-15(2)22(4,12-11-21(19)20)16(3)25-14-23-5;1-2/h8,10,13,15-16,19,21H,6-7,9,11-12,14H2,1-5H3;1-2H3. The van der Waals surface area contributed by atoms with Gasteiger partial charge >= 0.3 is 0 Å². The largest absolute Gasteiger partial charge is 0.494 e. The summed E-state index contributed by atoms with van der Waals surface area (Å²) >= 11 is 0. The molecule has 27 heavy (non-hydrogen) atoms. The molecule has 3 nitrogen and oxygen atoms in total. The number of rotatable bonds is 6. The van der Waals surface area contributed by atoms with Gasteiger partial charge in [-0.3, -0.25) is 0 Å². The summed E-state index contributed by atoms with van der Waals surface area (Å²) in [5.41, 5.74) is 3.30. The lowest BCUT2D eigenvalue weighted by molar-refractivity contribution is -0.140. The van der Waals surface area contributed by atoms with Crippen LogP contribution in [0.3, 0.4) is 0 Å². The normalized spacial score (nSPS) is 30.4. The van der Waals surface area contributed by atoms with Crippen molar-refractivity contribution < 1.29 is 14.2 Å². The third kappa shape index (κ3) is 4.51. The molecule has 1 aromatic rings. The SMILES string of the molecule is CC.CCOc1ccc2c(c1)CCC1C2CCC(C)(C(C)OCOC)C1C. The molecule has 2 aliphatic carbocycles. The van der Waals surface area contributed by atoms with Crippen LogP contribution in [0.5, 0.6) is 5.75 Å². The maximum Gasteiger partial charge on any atom is 0.146 e. The molecule has 0 saturated heterocycles. The average Bonchev–Trinajstić information content (AvgIpc) is 2.70. The van der Waals surface area contributed by atoms with Gasteiger partial charge in [-0.25, -0.2) is 0 Å². The molecule has 5 atom stereocenters. The van der Waals surface area contributed by atoms with E-state index in [4.69, 9.17) is 14.2 Å². The first-order valence-corrected chi connectivity index (χ1v) is 10.9. The zero-order chi connectivity index (χ0) is 20.0. The summed E-state index contributed by atoms with van der Waals surface area (Å²) in [5.74, 6) is 3.11. The summed E-state index contributed by atoms with van der Waals surface area (Å²) in [6, 6.07) is 6.77. The summed E-state index contributed by atoms with van der Waals surface area (Å²) in [4.78, 5) is 0. The van der Waals surface area contributed by atoms with E-state index in [1.54, 1.807) is 12.7 Å². The summed E-state index contributed by atoms with van der Waals surface area (Å²) in [5, 5.41) is 0. The molecule has 154 valence electrons. The molecular formula is C24H40O3. The minimum atomic E-state index is 0.225. The van der Waals surface area contributed by atoms with Gasteiger partial charge in [0.05, 0.1) is 12.7 Å². The van der Waals surface area contributed by atoms with Crippen molar-refractivity contribution in [3.8, 4) is 5.75 Å². The van der Waals surface area contributed by atoms with Crippen LogP contribution in [0, 0.1) is 17.3 Å². The van der Waals surface area contributed by atoms with Crippen molar-refractivity contribution in [1.29, 1.82) is 0 Å². The predicted octanol–water partition coefficient (Wildman–Crippen LogP) is 6.20. The first kappa shape index (κ1) is 22.2. The lowest BCUT2D eigenvalue weighted by Crippen LogP contribution is -2.47. The fourth-order valence-corrected chi connectivity index (χ4v) is 5.26. The Morgan fingerprint density at radius 3 is 2.63 bits per heavy atom. The molecule has 1 saturated carbocycles. The van der Waals surface area contributed by atoms with Gasteiger partial charge in [-0.1, -0.05) is 33.8 Å². The van der Waals surface area contributed by atoms with Gasteiger partial charge in [-0.15, -0.1) is 0 Å². The molecule has 0 aromatic heterocycles. The summed E-state index contributed by atoms with van der Waals surface area (Å²) in [6.07, 6.45) is 5.15. The first-order valence-electron chi connectivity index (χ1n) is 10.9. The molecule has 3 heteroatoms. The molecular weight excluding hydrogens is 336 g/mol. The average molecular weight is 377 g/mol. The van der Waals surface area contributed by atoms with Gasteiger partial charge in [0.1, 0.15) is 12.5 Å². The maximum atomic E-state index is 5.96. The van der Waals surface area contributed by atoms with Gasteiger partial charge in [0, 0.05) is 7.11 Å². The number of benzene rings is 1. The molecule has 3 rings (SSSR count). The van der Waals surface area contributed by atoms with Crippen LogP contribution < -0.4 is 4.74 Å². The van der Waals surface area contributed by atoms with E-state index >= 15 is 0 Å². The van der Waals surface area contributed by atoms with E-state index in [1.807, 2.05) is 20.8 Å². The number of methoxy groups -OCH3 is 1. The highest BCUT2D eigenvalue weighted by Gasteiger charge is 2.48. The van der Waals surface area contributed by atoms with E-state index in [0.717, 1.165) is 18.3 Å². The highest BCUT2D eigenvalue weighted by atomic mass is 16.7. The monoisotopic (exact) mass is 376 g/mol. The van der Waals surface area contributed by atoms with Gasteiger partial charge in [0.2, 0.25) is 0 Å². The number of hydrogen-bond donors (Lipinski definition) is 0. The quantitative estimate of drug-likeness (QED) is 0.553. The van der Waals surface area contributed by atoms with Crippen molar-refractivity contribution in [2.24, 2.45) is 17.3 Å². The first-order chi connectivity index (χ1) is 13.0. The molecule has 0 heterocycles. The van der Waals surface area contributed by atoms with E-state index in [1.165, 1.54) is 31.2 Å². The Morgan fingerprint density at radius 2 is 1.96 bits per heavy atom. The highest BCUT2D eigenvalue weighted by molar-refractivity contribution is 5.40. The minimum absolute atomic E-state index is 0.225. The van der Waals surface area contributed by atoms with E-state index in [2.05, 4.69) is 39.0 Å². The van der Waals surface area contributed by atoms with Crippen LogP contribution in [0.15, 0.2) is 18.2 Å². The second-order valence-corrected chi connectivity index (χ2v) is 8.15. The smallest absolute Gasteiger partial charge is 0.146 e. The molecule has 0 amide bonds. The number of fused-ring (bicyclic) bond motifs is 3. The van der Waals surface area contributed by atoms with E-state index in [-0.39, 0.29) is 11.5 Å². The Labute approximate surface area is 166 Å². The van der Waals surface area contributed by atoms with Crippen LogP contribution in [0.25, 0.3) is 0 Å². The van der Waals surface area contributed by atoms with Gasteiger partial charge in [0.15, 0.2) is 0 Å². The Balaban J connectivity index is 0.00000126. The zero-order valence-corrected chi connectivity index (χ0v) is 18.5. The molecule has 2 aliphatic rings. The molecule has 0 spiro atoms. The van der Waals surface area contributed by atoms with Crippen LogP contribution in [-0.2, 0) is 15.9 Å². The predicted molar refractivity (Wildman–Crippen MR) is 112 cm³/mol. The second-order valence-electron chi connectivity index (χ2n) is 8.15. The van der Waals surface area contributed by atoms with Crippen LogP contribution in [0.1, 0.15) is 77.8 Å². The molecule has 0 N–H and O–H groups in total. The van der Waals surface area contributed by atoms with E-state index in [0.29, 0.717) is 18.6 Å². The summed E-state index contributed by atoms with van der Waals surface area (Å²) in [7, 11) is 1.70. The van der Waals surface area contributed by atoms with E-state index < -0.39 is 0 Å². The minimum Gasteiger partial charge on any atom is -0.494 e. The highest BCUT2D eigenvalue weighted by Crippen LogP contribution is 2.56. The van der Waals surface area contributed by atoms with Crippen LogP contribution in [0.2, 0.25) is 0 Å². The second kappa shape index (κ2) is 9.93. The van der Waals surface area contributed by atoms with Gasteiger partial charge in [-0.2, -0.15) is 0 Å². The zero-order valence-electron chi connectivity index (χ0n) is 18.5. The van der Waals surface area contributed by atoms with E-state index in [9.17, 15) is 0 Å². The van der Waals surface area contributed by atoms with Crippen molar-refractivity contribution >= 4 is 0 Å². The van der Waals surface area contributed by atoms with Gasteiger partial charge in [0.25, 0.3) is 0 Å². The number of aryl methyl sites for hydroxylation is 1. The summed E-state index contributed by atoms with van der Waals surface area (Å²) < 4.78 is 16.8. The van der Waals surface area contributed by atoms with Gasteiger partial charge in [-0.05, 0) is 86.0 Å². The third-order valence-electron chi connectivity index (χ3n) is 7.13. The Kier molecular flexibility index (Phi) is 8.18. The van der Waals surface area contributed by atoms with Crippen molar-refractivity contribution in [3.05, 3.63) is 29.3 Å². The van der Waals surface area contributed by atoms with Crippen molar-refractivity contribution in [3.63, 3.8) is 0 Å². The Bertz CT molecular complexity index is 585. The summed E-state index contributed by atoms with van der Waals surface area (Å²) in [6.45, 7) is 14.3. The Morgan fingerprint density at radius 1 is 1.22 bits per heavy atom. The van der Waals surface area contributed by atoms with Crippen LogP contribution >= 0.6 is 0 Å². The molecule has 1 aromatic carbocycles. The molecule has 0 aliphatic heterocycles. The molecule has 0 radical (unpaired) electrons. The lowest BCUT2D eigenvalue weighted by Gasteiger charge is -2.53. The fraction of sp³-hybridized carbons (Fsp3) is 0.750. The van der Waals surface area contributed by atoms with Crippen molar-refractivity contribution in [2.45, 2.75) is 79.2 Å². The lowest BCUT2D eigenvalue weighted by atomic mass is 9.54. The Hall–Kier alpha value is -1.06. The third-order valence-corrected chi connectivity index (χ3v) is 7.13. The molecule has 5 unspecified atom stereocenters. The van der Waals surface area contributed by atoms with Crippen molar-refractivity contribution in [1.82, 2.24) is 0 Å². The number of ether oxygens (including phenoxy) is 3. The van der Waals surface area contributed by atoms with Gasteiger partial charge < -0.3 is 14.2 Å². The maximum absolute atomic E-state index is 5.96. The molecule has 1 fully saturated rings. The molecule has 0 bridgehead atoms. The number of hydrogen-bond acceptors (Lipinski definition) is 3. The van der Waals surface area contributed by atoms with Crippen LogP contribution in [0.4, 0.5) is 0 Å². The fourth-order valence-electron chi connectivity index (χ4n) is 5.26.